The number of aromatic nitrogens is 2. The molecule has 0 unspecified atom stereocenters. The molecule has 1 aromatic heterocycles. The summed E-state index contributed by atoms with van der Waals surface area (Å²) >= 11 is 11.9. The van der Waals surface area contributed by atoms with Crippen LogP contribution in [0.2, 0.25) is 10.4 Å². The molecule has 1 aliphatic rings. The van der Waals surface area contributed by atoms with E-state index in [1.54, 1.807) is 22.8 Å². The fourth-order valence-corrected chi connectivity index (χ4v) is 3.61. The Morgan fingerprint density at radius 3 is 2.58 bits per heavy atom. The molecule has 1 aromatic carbocycles. The van der Waals surface area contributed by atoms with Gasteiger partial charge in [0.05, 0.1) is 6.61 Å². The van der Waals surface area contributed by atoms with Crippen LogP contribution >= 0.6 is 23.2 Å². The van der Waals surface area contributed by atoms with Gasteiger partial charge in [0.15, 0.2) is 0 Å². The second kappa shape index (κ2) is 7.39. The quantitative estimate of drug-likeness (QED) is 0.637. The van der Waals surface area contributed by atoms with Crippen molar-refractivity contribution in [2.24, 2.45) is 0 Å². The lowest BCUT2D eigenvalue weighted by Gasteiger charge is -2.50. The van der Waals surface area contributed by atoms with E-state index in [9.17, 15) is 9.90 Å². The molecule has 6 nitrogen and oxygen atoms in total. The smallest absolute Gasteiger partial charge is 0.251 e. The molecule has 26 heavy (non-hydrogen) atoms. The highest BCUT2D eigenvalue weighted by Crippen LogP contribution is 2.32. The van der Waals surface area contributed by atoms with E-state index in [0.717, 1.165) is 5.56 Å². The highest BCUT2D eigenvalue weighted by atomic mass is 35.5. The monoisotopic (exact) mass is 394 g/mol. The minimum Gasteiger partial charge on any atom is -0.393 e. The number of carbonyl (C=O) groups excluding carboxylic acids is 1. The van der Waals surface area contributed by atoms with Crippen LogP contribution in [0.15, 0.2) is 36.4 Å². The van der Waals surface area contributed by atoms with Gasteiger partial charge in [-0.05, 0) is 31.0 Å². The summed E-state index contributed by atoms with van der Waals surface area (Å²) in [6.07, 6.45) is 0. The Labute approximate surface area is 162 Å². The third-order valence-corrected chi connectivity index (χ3v) is 5.09. The number of benzene rings is 1. The van der Waals surface area contributed by atoms with E-state index < -0.39 is 5.54 Å². The fraction of sp³-hybridized carbons (Fsp3) is 0.389. The minimum absolute atomic E-state index is 0.000364. The fourth-order valence-electron chi connectivity index (χ4n) is 3.21. The first-order valence-electron chi connectivity index (χ1n) is 8.28. The van der Waals surface area contributed by atoms with Crippen molar-refractivity contribution >= 4 is 34.9 Å². The topological polar surface area (TPSA) is 69.6 Å². The van der Waals surface area contributed by atoms with Gasteiger partial charge in [-0.2, -0.15) is 0 Å². The largest absolute Gasteiger partial charge is 0.393 e. The van der Waals surface area contributed by atoms with E-state index in [1.807, 2.05) is 37.3 Å². The Balaban J connectivity index is 1.95. The first kappa shape index (κ1) is 18.9. The molecular formula is C18H20Cl2N4O2. The Morgan fingerprint density at radius 1 is 1.27 bits per heavy atom. The van der Waals surface area contributed by atoms with Gasteiger partial charge in [0.1, 0.15) is 16.5 Å². The predicted molar refractivity (Wildman–Crippen MR) is 101 cm³/mol. The van der Waals surface area contributed by atoms with E-state index >= 15 is 0 Å². The van der Waals surface area contributed by atoms with E-state index in [-0.39, 0.29) is 29.0 Å². The lowest BCUT2D eigenvalue weighted by molar-refractivity contribution is -0.143. The van der Waals surface area contributed by atoms with Crippen molar-refractivity contribution in [2.45, 2.75) is 32.0 Å². The van der Waals surface area contributed by atoms with Crippen molar-refractivity contribution in [3.8, 4) is 0 Å². The maximum atomic E-state index is 13.3. The van der Waals surface area contributed by atoms with Gasteiger partial charge in [-0.1, -0.05) is 41.9 Å². The Bertz CT molecular complexity index is 785. The Kier molecular flexibility index (Phi) is 5.37. The molecular weight excluding hydrogens is 375 g/mol. The van der Waals surface area contributed by atoms with Crippen LogP contribution in [0.5, 0.6) is 0 Å². The molecule has 0 aliphatic carbocycles. The number of rotatable bonds is 4. The van der Waals surface area contributed by atoms with Crippen molar-refractivity contribution < 1.29 is 9.90 Å². The number of amides is 1. The number of anilines is 1. The number of carbonyl (C=O) groups is 1. The van der Waals surface area contributed by atoms with Crippen LogP contribution in [-0.4, -0.2) is 50.6 Å². The lowest BCUT2D eigenvalue weighted by atomic mass is 9.92. The van der Waals surface area contributed by atoms with Crippen LogP contribution in [0, 0.1) is 0 Å². The van der Waals surface area contributed by atoms with Gasteiger partial charge in [0.2, 0.25) is 5.28 Å². The van der Waals surface area contributed by atoms with E-state index in [4.69, 9.17) is 23.2 Å². The highest BCUT2D eigenvalue weighted by Gasteiger charge is 2.48. The number of halogens is 2. The summed E-state index contributed by atoms with van der Waals surface area (Å²) in [5.74, 6) is 0.250. The van der Waals surface area contributed by atoms with Gasteiger partial charge in [-0.25, -0.2) is 9.97 Å². The molecule has 0 bridgehead atoms. The van der Waals surface area contributed by atoms with Gasteiger partial charge in [-0.3, -0.25) is 4.79 Å². The molecule has 1 fully saturated rings. The standard InChI is InChI=1S/C18H20Cl2N4O2/c1-12-9-24(15-8-14(19)21-17(20)22-15)18(2,11-25)16(26)23(12)10-13-6-4-3-5-7-13/h3-8,12,25H,9-11H2,1-2H3/t12-,18+/m0/s1. The summed E-state index contributed by atoms with van der Waals surface area (Å²) in [4.78, 5) is 24.8. The van der Waals surface area contributed by atoms with Crippen LogP contribution in [0.4, 0.5) is 5.82 Å². The molecule has 0 spiro atoms. The molecule has 1 N–H and O–H groups in total. The van der Waals surface area contributed by atoms with E-state index in [2.05, 4.69) is 9.97 Å². The summed E-state index contributed by atoms with van der Waals surface area (Å²) in [6.45, 7) is 4.27. The van der Waals surface area contributed by atoms with Crippen molar-refractivity contribution in [3.63, 3.8) is 0 Å². The normalized spacial score (nSPS) is 23.4. The molecule has 0 saturated carbocycles. The maximum Gasteiger partial charge on any atom is 0.251 e. The summed E-state index contributed by atoms with van der Waals surface area (Å²) in [6, 6.07) is 11.2. The molecule has 8 heteroatoms. The van der Waals surface area contributed by atoms with Gasteiger partial charge >= 0.3 is 0 Å². The van der Waals surface area contributed by atoms with Crippen LogP contribution < -0.4 is 4.90 Å². The van der Waals surface area contributed by atoms with E-state index in [1.165, 1.54) is 0 Å². The molecule has 3 rings (SSSR count). The van der Waals surface area contributed by atoms with Crippen LogP contribution in [0.25, 0.3) is 0 Å². The van der Waals surface area contributed by atoms with Gasteiger partial charge in [-0.15, -0.1) is 0 Å². The summed E-state index contributed by atoms with van der Waals surface area (Å²) in [7, 11) is 0. The second-order valence-corrected chi connectivity index (χ2v) is 7.35. The molecule has 0 radical (unpaired) electrons. The number of aliphatic hydroxyl groups is 1. The molecule has 1 amide bonds. The number of aliphatic hydroxyl groups excluding tert-OH is 1. The zero-order valence-corrected chi connectivity index (χ0v) is 16.1. The van der Waals surface area contributed by atoms with Gasteiger partial charge in [0, 0.05) is 25.2 Å². The van der Waals surface area contributed by atoms with Crippen molar-refractivity contribution in [2.75, 3.05) is 18.1 Å². The third-order valence-electron chi connectivity index (χ3n) is 4.73. The Hall–Kier alpha value is -1.89. The van der Waals surface area contributed by atoms with E-state index in [0.29, 0.717) is 18.9 Å². The van der Waals surface area contributed by atoms with Crippen LogP contribution in [0.1, 0.15) is 19.4 Å². The van der Waals surface area contributed by atoms with Crippen molar-refractivity contribution in [3.05, 3.63) is 52.4 Å². The highest BCUT2D eigenvalue weighted by molar-refractivity contribution is 6.32. The van der Waals surface area contributed by atoms with Gasteiger partial charge in [0.25, 0.3) is 5.91 Å². The number of piperazine rings is 1. The Morgan fingerprint density at radius 2 is 1.96 bits per heavy atom. The van der Waals surface area contributed by atoms with Crippen LogP contribution in [0.3, 0.4) is 0 Å². The van der Waals surface area contributed by atoms with Crippen molar-refractivity contribution in [1.29, 1.82) is 0 Å². The molecule has 138 valence electrons. The number of nitrogens with zero attached hydrogens (tertiary/aromatic N) is 4. The molecule has 1 saturated heterocycles. The number of hydrogen-bond acceptors (Lipinski definition) is 5. The lowest BCUT2D eigenvalue weighted by Crippen LogP contribution is -2.69. The zero-order valence-electron chi connectivity index (χ0n) is 14.6. The van der Waals surface area contributed by atoms with Crippen LogP contribution in [-0.2, 0) is 11.3 Å². The first-order valence-corrected chi connectivity index (χ1v) is 9.04. The average molecular weight is 395 g/mol. The average Bonchev–Trinajstić information content (AvgIpc) is 2.62. The SMILES string of the molecule is C[C@H]1CN(c2cc(Cl)nc(Cl)n2)[C@](C)(CO)C(=O)N1Cc1ccccc1. The first-order chi connectivity index (χ1) is 12.3. The third kappa shape index (κ3) is 3.49. The summed E-state index contributed by atoms with van der Waals surface area (Å²) in [5, 5.41) is 10.2. The molecule has 2 heterocycles. The molecule has 2 atom stereocenters. The molecule has 2 aromatic rings. The van der Waals surface area contributed by atoms with Gasteiger partial charge < -0.3 is 14.9 Å². The predicted octanol–water partition coefficient (Wildman–Crippen LogP) is 2.77. The maximum absolute atomic E-state index is 13.3. The minimum atomic E-state index is -1.16. The summed E-state index contributed by atoms with van der Waals surface area (Å²) in [5.41, 5.74) is -0.128. The zero-order chi connectivity index (χ0) is 18.9. The summed E-state index contributed by atoms with van der Waals surface area (Å²) < 4.78 is 0. The van der Waals surface area contributed by atoms with Crippen molar-refractivity contribution in [1.82, 2.24) is 14.9 Å². The second-order valence-electron chi connectivity index (χ2n) is 6.63. The molecule has 1 aliphatic heterocycles. The number of hydrogen-bond donors (Lipinski definition) is 1.